The lowest BCUT2D eigenvalue weighted by atomic mass is 10.2. The molecule has 2 heterocycles. The lowest BCUT2D eigenvalue weighted by Crippen LogP contribution is -2.30. The smallest absolute Gasteiger partial charge is 0.335 e. The lowest BCUT2D eigenvalue weighted by Gasteiger charge is -2.11. The summed E-state index contributed by atoms with van der Waals surface area (Å²) in [7, 11) is 0. The number of amides is 1. The van der Waals surface area contributed by atoms with Crippen molar-refractivity contribution in [1.29, 1.82) is 0 Å². The second-order valence-corrected chi connectivity index (χ2v) is 5.30. The molecule has 1 unspecified atom stereocenters. The van der Waals surface area contributed by atoms with E-state index < -0.39 is 5.97 Å². The van der Waals surface area contributed by atoms with Crippen LogP contribution in [0.2, 0.25) is 0 Å². The first kappa shape index (κ1) is 12.9. The predicted octanol–water partition coefficient (Wildman–Crippen LogP) is 1.54. The largest absolute Gasteiger partial charge is 0.478 e. The zero-order chi connectivity index (χ0) is 13.0. The molecule has 18 heavy (non-hydrogen) atoms. The molecule has 2 N–H and O–H groups in total. The van der Waals surface area contributed by atoms with E-state index in [4.69, 9.17) is 5.11 Å². The Morgan fingerprint density at radius 2 is 2.33 bits per heavy atom. The Balaban J connectivity index is 2.10. The van der Waals surface area contributed by atoms with Gasteiger partial charge in [0.2, 0.25) is 5.91 Å². The Bertz CT molecular complexity index is 464. The van der Waals surface area contributed by atoms with E-state index in [2.05, 4.69) is 10.3 Å². The third kappa shape index (κ3) is 3.22. The zero-order valence-electron chi connectivity index (χ0n) is 9.76. The van der Waals surface area contributed by atoms with Gasteiger partial charge in [-0.2, -0.15) is 0 Å². The fraction of sp³-hybridized carbons (Fsp3) is 0.417. The molecule has 1 saturated heterocycles. The molecule has 1 aromatic rings. The van der Waals surface area contributed by atoms with Crippen molar-refractivity contribution in [2.45, 2.75) is 29.5 Å². The number of hydrogen-bond donors (Lipinski definition) is 2. The van der Waals surface area contributed by atoms with Gasteiger partial charge in [0, 0.05) is 12.7 Å². The van der Waals surface area contributed by atoms with Gasteiger partial charge in [-0.15, -0.1) is 0 Å². The SMILES string of the molecule is O=C(O)c1ccnc(SC2CCCCNC2=O)c1. The number of nitrogens with one attached hydrogen (secondary N) is 1. The maximum absolute atomic E-state index is 11.8. The summed E-state index contributed by atoms with van der Waals surface area (Å²) in [6.45, 7) is 0.721. The van der Waals surface area contributed by atoms with Crippen molar-refractivity contribution in [3.05, 3.63) is 23.9 Å². The molecule has 0 radical (unpaired) electrons. The number of pyridine rings is 1. The van der Waals surface area contributed by atoms with Crippen molar-refractivity contribution in [3.63, 3.8) is 0 Å². The summed E-state index contributed by atoms with van der Waals surface area (Å²) < 4.78 is 0. The number of rotatable bonds is 3. The van der Waals surface area contributed by atoms with Crippen LogP contribution in [-0.2, 0) is 4.79 Å². The molecule has 0 spiro atoms. The minimum absolute atomic E-state index is 0.0139. The highest BCUT2D eigenvalue weighted by Gasteiger charge is 2.22. The van der Waals surface area contributed by atoms with Crippen molar-refractivity contribution >= 4 is 23.6 Å². The van der Waals surface area contributed by atoms with E-state index in [1.54, 1.807) is 0 Å². The molecule has 6 heteroatoms. The van der Waals surface area contributed by atoms with Crippen molar-refractivity contribution in [3.8, 4) is 0 Å². The van der Waals surface area contributed by atoms with Crippen molar-refractivity contribution in [1.82, 2.24) is 10.3 Å². The number of nitrogens with zero attached hydrogens (tertiary/aromatic N) is 1. The third-order valence-corrected chi connectivity index (χ3v) is 3.93. The van der Waals surface area contributed by atoms with Crippen LogP contribution in [0.15, 0.2) is 23.4 Å². The van der Waals surface area contributed by atoms with E-state index >= 15 is 0 Å². The average Bonchev–Trinajstić information content (AvgIpc) is 2.55. The molecule has 1 aromatic heterocycles. The number of aromatic nitrogens is 1. The number of carbonyl (C=O) groups excluding carboxylic acids is 1. The Morgan fingerprint density at radius 1 is 1.50 bits per heavy atom. The number of hydrogen-bond acceptors (Lipinski definition) is 4. The lowest BCUT2D eigenvalue weighted by molar-refractivity contribution is -0.120. The molecule has 0 aliphatic carbocycles. The van der Waals surface area contributed by atoms with E-state index in [-0.39, 0.29) is 16.7 Å². The van der Waals surface area contributed by atoms with E-state index in [0.717, 1.165) is 25.8 Å². The highest BCUT2D eigenvalue weighted by Crippen LogP contribution is 2.27. The van der Waals surface area contributed by atoms with Gasteiger partial charge in [-0.25, -0.2) is 9.78 Å². The zero-order valence-corrected chi connectivity index (χ0v) is 10.6. The molecular weight excluding hydrogens is 252 g/mol. The fourth-order valence-corrected chi connectivity index (χ4v) is 2.86. The molecule has 1 amide bonds. The number of carbonyl (C=O) groups is 2. The van der Waals surface area contributed by atoms with Crippen LogP contribution >= 0.6 is 11.8 Å². The van der Waals surface area contributed by atoms with Gasteiger partial charge in [0.15, 0.2) is 0 Å². The van der Waals surface area contributed by atoms with Crippen LogP contribution in [-0.4, -0.2) is 33.8 Å². The summed E-state index contributed by atoms with van der Waals surface area (Å²) in [5.74, 6) is -0.968. The normalized spacial score (nSPS) is 20.0. The molecule has 0 aromatic carbocycles. The Morgan fingerprint density at radius 3 is 3.11 bits per heavy atom. The molecule has 1 atom stereocenters. The van der Waals surface area contributed by atoms with E-state index in [0.29, 0.717) is 5.03 Å². The highest BCUT2D eigenvalue weighted by atomic mass is 32.2. The van der Waals surface area contributed by atoms with Crippen LogP contribution in [0.1, 0.15) is 29.6 Å². The van der Waals surface area contributed by atoms with Gasteiger partial charge in [0.1, 0.15) is 0 Å². The van der Waals surface area contributed by atoms with Gasteiger partial charge >= 0.3 is 5.97 Å². The first-order valence-corrected chi connectivity index (χ1v) is 6.68. The van der Waals surface area contributed by atoms with E-state index in [1.807, 2.05) is 0 Å². The summed E-state index contributed by atoms with van der Waals surface area (Å²) in [5, 5.41) is 12.1. The van der Waals surface area contributed by atoms with Crippen LogP contribution in [0.5, 0.6) is 0 Å². The fourth-order valence-electron chi connectivity index (χ4n) is 1.78. The van der Waals surface area contributed by atoms with Gasteiger partial charge in [0.05, 0.1) is 15.8 Å². The minimum atomic E-state index is -0.982. The molecule has 0 saturated carbocycles. The summed E-state index contributed by atoms with van der Waals surface area (Å²) in [6.07, 6.45) is 4.25. The Kier molecular flexibility index (Phi) is 4.19. The van der Waals surface area contributed by atoms with Crippen LogP contribution in [0.25, 0.3) is 0 Å². The van der Waals surface area contributed by atoms with Gasteiger partial charge in [-0.3, -0.25) is 4.79 Å². The summed E-state index contributed by atoms with van der Waals surface area (Å²) in [5.41, 5.74) is 0.196. The van der Waals surface area contributed by atoms with Crippen molar-refractivity contribution < 1.29 is 14.7 Å². The maximum atomic E-state index is 11.8. The molecule has 1 fully saturated rings. The van der Waals surface area contributed by atoms with Crippen molar-refractivity contribution in [2.75, 3.05) is 6.54 Å². The minimum Gasteiger partial charge on any atom is -0.478 e. The molecule has 96 valence electrons. The Hall–Kier alpha value is -1.56. The van der Waals surface area contributed by atoms with Gasteiger partial charge in [-0.05, 0) is 25.0 Å². The second-order valence-electron chi connectivity index (χ2n) is 4.08. The molecule has 5 nitrogen and oxygen atoms in total. The number of carboxylic acids is 1. The number of thioether (sulfide) groups is 1. The van der Waals surface area contributed by atoms with E-state index in [9.17, 15) is 9.59 Å². The molecule has 1 aliphatic rings. The third-order valence-electron chi connectivity index (χ3n) is 2.73. The molecular formula is C12H14N2O3S. The summed E-state index contributed by atoms with van der Waals surface area (Å²) in [6, 6.07) is 2.95. The highest BCUT2D eigenvalue weighted by molar-refractivity contribution is 8.00. The van der Waals surface area contributed by atoms with Crippen LogP contribution in [0.3, 0.4) is 0 Å². The van der Waals surface area contributed by atoms with Crippen molar-refractivity contribution in [2.24, 2.45) is 0 Å². The number of aromatic carboxylic acids is 1. The van der Waals surface area contributed by atoms with Crippen LogP contribution in [0, 0.1) is 0 Å². The summed E-state index contributed by atoms with van der Waals surface area (Å²) >= 11 is 1.33. The average molecular weight is 266 g/mol. The monoisotopic (exact) mass is 266 g/mol. The molecule has 1 aliphatic heterocycles. The van der Waals surface area contributed by atoms with Gasteiger partial charge < -0.3 is 10.4 Å². The molecule has 0 bridgehead atoms. The first-order valence-electron chi connectivity index (χ1n) is 5.80. The second kappa shape index (κ2) is 5.86. The standard InChI is InChI=1S/C12H14N2O3S/c15-11-9(3-1-2-5-14-11)18-10-7-8(12(16)17)4-6-13-10/h4,6-7,9H,1-3,5H2,(H,14,15)(H,16,17). The molecule has 2 rings (SSSR count). The quantitative estimate of drug-likeness (QED) is 0.867. The maximum Gasteiger partial charge on any atom is 0.335 e. The number of carboxylic acid groups (broad SMARTS) is 1. The summed E-state index contributed by atoms with van der Waals surface area (Å²) in [4.78, 5) is 26.7. The van der Waals surface area contributed by atoms with Gasteiger partial charge in [-0.1, -0.05) is 18.2 Å². The topological polar surface area (TPSA) is 79.3 Å². The van der Waals surface area contributed by atoms with Gasteiger partial charge in [0.25, 0.3) is 0 Å². The predicted molar refractivity (Wildman–Crippen MR) is 67.7 cm³/mol. The first-order chi connectivity index (χ1) is 8.66. The van der Waals surface area contributed by atoms with Crippen LogP contribution in [0.4, 0.5) is 0 Å². The Labute approximate surface area is 109 Å². The van der Waals surface area contributed by atoms with Crippen LogP contribution < -0.4 is 5.32 Å². The van der Waals surface area contributed by atoms with E-state index in [1.165, 1.54) is 30.1 Å².